The minimum Gasteiger partial charge on any atom is -0.375 e. The van der Waals surface area contributed by atoms with Crippen molar-refractivity contribution in [1.29, 1.82) is 0 Å². The molecule has 0 aromatic heterocycles. The van der Waals surface area contributed by atoms with Crippen LogP contribution < -0.4 is 5.32 Å². The lowest BCUT2D eigenvalue weighted by Crippen LogP contribution is -2.39. The van der Waals surface area contributed by atoms with Gasteiger partial charge in [-0.2, -0.15) is 0 Å². The number of carbonyl (C=O) groups excluding carboxylic acids is 1. The quantitative estimate of drug-likeness (QED) is 0.845. The largest absolute Gasteiger partial charge is 0.375 e. The molecule has 4 heteroatoms. The van der Waals surface area contributed by atoms with Gasteiger partial charge >= 0.3 is 0 Å². The van der Waals surface area contributed by atoms with Gasteiger partial charge in [0.05, 0.1) is 12.2 Å². The molecule has 0 saturated carbocycles. The van der Waals surface area contributed by atoms with Crippen LogP contribution >= 0.6 is 0 Å². The molecule has 3 fully saturated rings. The second kappa shape index (κ2) is 5.80. The van der Waals surface area contributed by atoms with Crippen molar-refractivity contribution in [2.45, 2.75) is 76.2 Å². The molecule has 4 unspecified atom stereocenters. The first-order chi connectivity index (χ1) is 9.20. The van der Waals surface area contributed by atoms with Crippen molar-refractivity contribution in [3.63, 3.8) is 0 Å². The molecular formula is C15H26N2O2. The Morgan fingerprint density at radius 2 is 2.05 bits per heavy atom. The molecule has 0 aromatic carbocycles. The van der Waals surface area contributed by atoms with Crippen LogP contribution in [0.3, 0.4) is 0 Å². The lowest BCUT2D eigenvalue weighted by molar-refractivity contribution is -0.132. The number of nitrogens with one attached hydrogen (secondary N) is 1. The van der Waals surface area contributed by atoms with Crippen LogP contribution in [0, 0.1) is 0 Å². The molecule has 108 valence electrons. The molecule has 1 amide bonds. The Hall–Kier alpha value is -0.610. The summed E-state index contributed by atoms with van der Waals surface area (Å²) in [4.78, 5) is 14.4. The highest BCUT2D eigenvalue weighted by Crippen LogP contribution is 2.24. The van der Waals surface area contributed by atoms with E-state index in [9.17, 15) is 4.79 Å². The van der Waals surface area contributed by atoms with Crippen LogP contribution in [0.4, 0.5) is 0 Å². The summed E-state index contributed by atoms with van der Waals surface area (Å²) in [7, 11) is 0. The average molecular weight is 266 g/mol. The van der Waals surface area contributed by atoms with Gasteiger partial charge in [0.1, 0.15) is 0 Å². The summed E-state index contributed by atoms with van der Waals surface area (Å²) in [6.07, 6.45) is 8.20. The summed E-state index contributed by atoms with van der Waals surface area (Å²) < 4.78 is 5.79. The van der Waals surface area contributed by atoms with Crippen LogP contribution in [0.1, 0.15) is 51.9 Å². The molecule has 1 N–H and O–H groups in total. The predicted octanol–water partition coefficient (Wildman–Crippen LogP) is 1.69. The van der Waals surface area contributed by atoms with E-state index in [1.165, 1.54) is 12.8 Å². The minimum absolute atomic E-state index is 0.320. The van der Waals surface area contributed by atoms with Crippen molar-refractivity contribution in [2.24, 2.45) is 0 Å². The van der Waals surface area contributed by atoms with Crippen LogP contribution in [0.15, 0.2) is 0 Å². The van der Waals surface area contributed by atoms with Crippen LogP contribution in [0.25, 0.3) is 0 Å². The van der Waals surface area contributed by atoms with Gasteiger partial charge in [-0.3, -0.25) is 4.79 Å². The maximum absolute atomic E-state index is 12.3. The molecule has 4 nitrogen and oxygen atoms in total. The highest BCUT2D eigenvalue weighted by Gasteiger charge is 2.31. The van der Waals surface area contributed by atoms with Gasteiger partial charge in [-0.1, -0.05) is 0 Å². The van der Waals surface area contributed by atoms with Gasteiger partial charge in [-0.05, 0) is 45.4 Å². The summed E-state index contributed by atoms with van der Waals surface area (Å²) in [6.45, 7) is 3.98. The molecule has 0 aliphatic carbocycles. The van der Waals surface area contributed by atoms with E-state index >= 15 is 0 Å². The van der Waals surface area contributed by atoms with E-state index in [1.54, 1.807) is 0 Å². The van der Waals surface area contributed by atoms with Gasteiger partial charge in [0.2, 0.25) is 5.91 Å². The van der Waals surface area contributed by atoms with E-state index in [0.29, 0.717) is 36.6 Å². The Morgan fingerprint density at radius 1 is 1.21 bits per heavy atom. The number of ether oxygens (including phenoxy) is 1. The van der Waals surface area contributed by atoms with Gasteiger partial charge < -0.3 is 15.0 Å². The molecule has 0 aromatic rings. The molecule has 0 spiro atoms. The van der Waals surface area contributed by atoms with E-state index in [1.807, 2.05) is 0 Å². The summed E-state index contributed by atoms with van der Waals surface area (Å²) in [6, 6.07) is 1.20. The molecule has 3 aliphatic rings. The number of rotatable bonds is 3. The first-order valence-corrected chi connectivity index (χ1v) is 7.90. The van der Waals surface area contributed by atoms with Gasteiger partial charge in [0, 0.05) is 31.6 Å². The van der Waals surface area contributed by atoms with Crippen LogP contribution in [-0.4, -0.2) is 48.2 Å². The average Bonchev–Trinajstić information content (AvgIpc) is 2.92. The Morgan fingerprint density at radius 3 is 2.84 bits per heavy atom. The van der Waals surface area contributed by atoms with E-state index in [0.717, 1.165) is 38.8 Å². The minimum atomic E-state index is 0.320. The molecule has 2 bridgehead atoms. The molecular weight excluding hydrogens is 240 g/mol. The predicted molar refractivity (Wildman–Crippen MR) is 73.9 cm³/mol. The molecule has 0 radical (unpaired) electrons. The molecule has 3 aliphatic heterocycles. The number of fused-ring (bicyclic) bond motifs is 2. The Balaban J connectivity index is 1.44. The molecule has 4 atom stereocenters. The monoisotopic (exact) mass is 266 g/mol. The fraction of sp³-hybridized carbons (Fsp3) is 0.933. The third-order valence-corrected chi connectivity index (χ3v) is 4.88. The van der Waals surface area contributed by atoms with Gasteiger partial charge in [0.25, 0.3) is 0 Å². The van der Waals surface area contributed by atoms with Gasteiger partial charge in [0.15, 0.2) is 0 Å². The number of likely N-dealkylation sites (tertiary alicyclic amines) is 1. The van der Waals surface area contributed by atoms with Crippen LogP contribution in [0.2, 0.25) is 0 Å². The fourth-order valence-electron chi connectivity index (χ4n) is 3.71. The Bertz CT molecular complexity index is 334. The van der Waals surface area contributed by atoms with E-state index in [-0.39, 0.29) is 0 Å². The first kappa shape index (κ1) is 13.4. The zero-order chi connectivity index (χ0) is 13.2. The number of carbonyl (C=O) groups is 1. The smallest absolute Gasteiger partial charge is 0.222 e. The maximum Gasteiger partial charge on any atom is 0.222 e. The van der Waals surface area contributed by atoms with E-state index < -0.39 is 0 Å². The van der Waals surface area contributed by atoms with Crippen molar-refractivity contribution in [1.82, 2.24) is 10.2 Å². The lowest BCUT2D eigenvalue weighted by atomic mass is 10.1. The van der Waals surface area contributed by atoms with Crippen molar-refractivity contribution < 1.29 is 9.53 Å². The van der Waals surface area contributed by atoms with E-state index in [4.69, 9.17) is 4.74 Å². The number of amides is 1. The molecule has 3 saturated heterocycles. The standard InChI is InChI=1S/C15H26N2O2/c1-11-2-5-14(19-11)6-7-15(18)17-9-8-12-3-4-13(10-17)16-12/h11-14,16H,2-10H2,1H3. The summed E-state index contributed by atoms with van der Waals surface area (Å²) >= 11 is 0. The van der Waals surface area contributed by atoms with Crippen molar-refractivity contribution >= 4 is 5.91 Å². The summed E-state index contributed by atoms with van der Waals surface area (Å²) in [5.74, 6) is 0.331. The van der Waals surface area contributed by atoms with Gasteiger partial charge in [-0.15, -0.1) is 0 Å². The third kappa shape index (κ3) is 3.29. The third-order valence-electron chi connectivity index (χ3n) is 4.88. The Labute approximate surface area is 115 Å². The topological polar surface area (TPSA) is 41.6 Å². The molecule has 3 heterocycles. The van der Waals surface area contributed by atoms with Gasteiger partial charge in [-0.25, -0.2) is 0 Å². The first-order valence-electron chi connectivity index (χ1n) is 7.90. The normalized spacial score (nSPS) is 38.5. The number of hydrogen-bond acceptors (Lipinski definition) is 3. The van der Waals surface area contributed by atoms with Crippen LogP contribution in [-0.2, 0) is 9.53 Å². The molecule has 19 heavy (non-hydrogen) atoms. The molecule has 3 rings (SSSR count). The highest BCUT2D eigenvalue weighted by molar-refractivity contribution is 5.76. The Kier molecular flexibility index (Phi) is 4.08. The highest BCUT2D eigenvalue weighted by atomic mass is 16.5. The van der Waals surface area contributed by atoms with Crippen molar-refractivity contribution in [2.75, 3.05) is 13.1 Å². The fourth-order valence-corrected chi connectivity index (χ4v) is 3.71. The second-order valence-corrected chi connectivity index (χ2v) is 6.45. The lowest BCUT2D eigenvalue weighted by Gasteiger charge is -2.24. The van der Waals surface area contributed by atoms with Crippen LogP contribution in [0.5, 0.6) is 0 Å². The summed E-state index contributed by atoms with van der Waals surface area (Å²) in [5, 5.41) is 3.62. The zero-order valence-corrected chi connectivity index (χ0v) is 11.9. The SMILES string of the molecule is CC1CCC(CCC(=O)N2CCC3CCC(C2)N3)O1. The van der Waals surface area contributed by atoms with E-state index in [2.05, 4.69) is 17.1 Å². The second-order valence-electron chi connectivity index (χ2n) is 6.45. The van der Waals surface area contributed by atoms with Crippen molar-refractivity contribution in [3.05, 3.63) is 0 Å². The number of nitrogens with zero attached hydrogens (tertiary/aromatic N) is 1. The number of hydrogen-bond donors (Lipinski definition) is 1. The summed E-state index contributed by atoms with van der Waals surface area (Å²) in [5.41, 5.74) is 0. The zero-order valence-electron chi connectivity index (χ0n) is 11.9. The maximum atomic E-state index is 12.3. The van der Waals surface area contributed by atoms with Crippen molar-refractivity contribution in [3.8, 4) is 0 Å².